The normalized spacial score (nSPS) is 11.4. The van der Waals surface area contributed by atoms with Crippen LogP contribution in [0.4, 0.5) is 0 Å². The zero-order valence-corrected chi connectivity index (χ0v) is 34.9. The van der Waals surface area contributed by atoms with E-state index in [1.807, 2.05) is 41.1 Å². The number of rotatable bonds is 8. The summed E-state index contributed by atoms with van der Waals surface area (Å²) in [6, 6.07) is 86.6. The molecule has 4 heteroatoms. The van der Waals surface area contributed by atoms with Gasteiger partial charge in [0.1, 0.15) is 0 Å². The van der Waals surface area contributed by atoms with Crippen molar-refractivity contribution in [1.29, 1.82) is 0 Å². The topological polar surface area (TPSA) is 35.6 Å². The first kappa shape index (κ1) is 37.2. The summed E-state index contributed by atoms with van der Waals surface area (Å²) in [4.78, 5) is 5.03. The van der Waals surface area contributed by atoms with Crippen molar-refractivity contribution in [3.8, 4) is 78.7 Å². The molecule has 0 radical (unpaired) electrons. The lowest BCUT2D eigenvalue weighted by Crippen LogP contribution is -1.99. The minimum absolute atomic E-state index is 0.693. The Bertz CT molecular complexity index is 3640. The van der Waals surface area contributed by atoms with Crippen molar-refractivity contribution in [3.63, 3.8) is 0 Å². The van der Waals surface area contributed by atoms with Gasteiger partial charge in [0.25, 0.3) is 0 Å². The number of aromatic nitrogens is 4. The predicted octanol–water partition coefficient (Wildman–Crippen LogP) is 15.5. The molecule has 0 aliphatic carbocycles. The first-order valence-corrected chi connectivity index (χ1v) is 21.7. The van der Waals surface area contributed by atoms with Gasteiger partial charge < -0.3 is 4.57 Å². The van der Waals surface area contributed by atoms with Crippen LogP contribution in [0.1, 0.15) is 0 Å². The fourth-order valence-electron chi connectivity index (χ4n) is 9.39. The molecule has 300 valence electrons. The average molecular weight is 817 g/mol. The molecule has 2 aromatic heterocycles. The number of benzene rings is 10. The smallest absolute Gasteiger partial charge is 0.182 e. The summed E-state index contributed by atoms with van der Waals surface area (Å²) in [5.74, 6) is 1.49. The molecule has 0 saturated carbocycles. The lowest BCUT2D eigenvalue weighted by atomic mass is 9.89. The molecule has 0 amide bonds. The number of nitrogens with zero attached hydrogens (tertiary/aromatic N) is 4. The lowest BCUT2D eigenvalue weighted by molar-refractivity contribution is 0.891. The van der Waals surface area contributed by atoms with Gasteiger partial charge in [0.2, 0.25) is 0 Å². The van der Waals surface area contributed by atoms with Gasteiger partial charge in [-0.15, -0.1) is 5.10 Å². The molecule has 12 rings (SSSR count). The third-order valence-electron chi connectivity index (χ3n) is 12.4. The van der Waals surface area contributed by atoms with Crippen molar-refractivity contribution in [2.45, 2.75) is 0 Å². The Kier molecular flexibility index (Phi) is 9.12. The predicted molar refractivity (Wildman–Crippen MR) is 266 cm³/mol. The van der Waals surface area contributed by atoms with E-state index in [9.17, 15) is 0 Å². The second-order valence-electron chi connectivity index (χ2n) is 16.2. The van der Waals surface area contributed by atoms with Crippen LogP contribution in [0.3, 0.4) is 0 Å². The van der Waals surface area contributed by atoms with E-state index in [2.05, 4.69) is 211 Å². The van der Waals surface area contributed by atoms with Gasteiger partial charge >= 0.3 is 0 Å². The molecule has 64 heavy (non-hydrogen) atoms. The summed E-state index contributed by atoms with van der Waals surface area (Å²) >= 11 is 0. The van der Waals surface area contributed by atoms with E-state index in [1.165, 1.54) is 66.0 Å². The van der Waals surface area contributed by atoms with Crippen molar-refractivity contribution >= 4 is 32.6 Å². The Morgan fingerprint density at radius 3 is 1.44 bits per heavy atom. The highest BCUT2D eigenvalue weighted by molar-refractivity contribution is 6.13. The van der Waals surface area contributed by atoms with Crippen LogP contribution >= 0.6 is 0 Å². The molecule has 0 spiro atoms. The Morgan fingerprint density at radius 1 is 0.297 bits per heavy atom. The highest BCUT2D eigenvalue weighted by Crippen LogP contribution is 2.42. The van der Waals surface area contributed by atoms with Crippen molar-refractivity contribution in [1.82, 2.24) is 19.3 Å². The molecule has 10 aromatic carbocycles. The minimum atomic E-state index is 0.693. The van der Waals surface area contributed by atoms with Gasteiger partial charge in [0, 0.05) is 27.6 Å². The largest absolute Gasteiger partial charge is 0.309 e. The molecule has 0 aliphatic heterocycles. The Labute approximate surface area is 371 Å². The van der Waals surface area contributed by atoms with Crippen LogP contribution in [0, 0.1) is 0 Å². The molecule has 4 nitrogen and oxygen atoms in total. The monoisotopic (exact) mass is 816 g/mol. The average Bonchev–Trinajstić information content (AvgIpc) is 3.97. The zero-order chi connectivity index (χ0) is 42.4. The summed E-state index contributed by atoms with van der Waals surface area (Å²) in [6.07, 6.45) is 0. The molecule has 0 N–H and O–H groups in total. The van der Waals surface area contributed by atoms with E-state index in [0.29, 0.717) is 5.82 Å². The van der Waals surface area contributed by atoms with Gasteiger partial charge in [0.05, 0.1) is 16.7 Å². The van der Waals surface area contributed by atoms with Gasteiger partial charge in [0.15, 0.2) is 11.6 Å². The third kappa shape index (κ3) is 6.48. The zero-order valence-electron chi connectivity index (χ0n) is 34.9. The van der Waals surface area contributed by atoms with Crippen molar-refractivity contribution in [2.24, 2.45) is 0 Å². The maximum atomic E-state index is 5.04. The molecular weight excluding hydrogens is 777 g/mol. The van der Waals surface area contributed by atoms with Crippen LogP contribution in [0.15, 0.2) is 243 Å². The summed E-state index contributed by atoms with van der Waals surface area (Å²) < 4.78 is 4.36. The van der Waals surface area contributed by atoms with Gasteiger partial charge in [-0.25, -0.2) is 9.67 Å². The maximum Gasteiger partial charge on any atom is 0.182 e. The van der Waals surface area contributed by atoms with E-state index >= 15 is 0 Å². The first-order chi connectivity index (χ1) is 31.7. The van der Waals surface area contributed by atoms with E-state index in [-0.39, 0.29) is 0 Å². The summed E-state index contributed by atoms with van der Waals surface area (Å²) in [6.45, 7) is 0. The van der Waals surface area contributed by atoms with Crippen molar-refractivity contribution in [3.05, 3.63) is 243 Å². The van der Waals surface area contributed by atoms with Crippen molar-refractivity contribution < 1.29 is 0 Å². The van der Waals surface area contributed by atoms with Gasteiger partial charge in [-0.3, -0.25) is 0 Å². The van der Waals surface area contributed by atoms with Crippen LogP contribution in [-0.2, 0) is 0 Å². The van der Waals surface area contributed by atoms with E-state index < -0.39 is 0 Å². The number of fused-ring (bicyclic) bond motifs is 4. The Balaban J connectivity index is 0.967. The highest BCUT2D eigenvalue weighted by Gasteiger charge is 2.19. The Morgan fingerprint density at radius 2 is 0.781 bits per heavy atom. The fourth-order valence-corrected chi connectivity index (χ4v) is 9.39. The molecule has 0 bridgehead atoms. The molecule has 0 aliphatic rings. The molecule has 0 fully saturated rings. The van der Waals surface area contributed by atoms with Crippen molar-refractivity contribution in [2.75, 3.05) is 0 Å². The first-order valence-electron chi connectivity index (χ1n) is 21.7. The molecule has 0 atom stereocenters. The summed E-state index contributed by atoms with van der Waals surface area (Å²) in [7, 11) is 0. The van der Waals surface area contributed by atoms with Crippen LogP contribution in [-0.4, -0.2) is 19.3 Å². The van der Waals surface area contributed by atoms with E-state index in [4.69, 9.17) is 10.1 Å². The van der Waals surface area contributed by atoms with Crippen LogP contribution in [0.25, 0.3) is 111 Å². The number of hydrogen-bond acceptors (Lipinski definition) is 2. The van der Waals surface area contributed by atoms with Crippen LogP contribution in [0.5, 0.6) is 0 Å². The van der Waals surface area contributed by atoms with Gasteiger partial charge in [-0.1, -0.05) is 194 Å². The lowest BCUT2D eigenvalue weighted by Gasteiger charge is -2.15. The second-order valence-corrected chi connectivity index (χ2v) is 16.2. The van der Waals surface area contributed by atoms with Gasteiger partial charge in [-0.05, 0) is 104 Å². The third-order valence-corrected chi connectivity index (χ3v) is 12.4. The number of hydrogen-bond donors (Lipinski definition) is 0. The SMILES string of the molecule is c1ccc(-c2nc(-c3ccccc3)n(-c3ccc(-c4ccccc4-c4ccccc4-c4ccc5c(c4)c4cc(-c6cccc7ccccc67)ccc4n5-c4ccccc4)cc3)n2)cc1. The fraction of sp³-hybridized carbons (Fsp3) is 0. The summed E-state index contributed by atoms with van der Waals surface area (Å²) in [5.41, 5.74) is 15.9. The molecule has 0 unspecified atom stereocenters. The summed E-state index contributed by atoms with van der Waals surface area (Å²) in [5, 5.41) is 9.98. The van der Waals surface area contributed by atoms with Crippen LogP contribution < -0.4 is 0 Å². The van der Waals surface area contributed by atoms with E-state index in [0.717, 1.165) is 39.5 Å². The Hall–Kier alpha value is -8.60. The number of para-hydroxylation sites is 1. The molecular formula is C60H40N4. The maximum absolute atomic E-state index is 5.04. The standard InChI is InChI=1S/C60H40N4/c1-4-18-43(19-5-1)59-61-60(44-20-6-2-7-21-44)64(62-59)48-35-31-42(32-36-48)50-26-12-14-28-53(50)54-29-15-13-27-52(54)46-34-38-58-56(40-46)55-39-45(51-30-16-22-41-17-10-11-25-49(41)51)33-37-57(55)63(58)47-23-8-3-9-24-47/h1-40H. The molecule has 12 aromatic rings. The quantitative estimate of drug-likeness (QED) is 0.153. The minimum Gasteiger partial charge on any atom is -0.309 e. The second kappa shape index (κ2) is 15.7. The van der Waals surface area contributed by atoms with Crippen LogP contribution in [0.2, 0.25) is 0 Å². The molecule has 2 heterocycles. The highest BCUT2D eigenvalue weighted by atomic mass is 15.4. The van der Waals surface area contributed by atoms with E-state index in [1.54, 1.807) is 0 Å². The molecule has 0 saturated heterocycles. The van der Waals surface area contributed by atoms with Gasteiger partial charge in [-0.2, -0.15) is 0 Å².